The zero-order chi connectivity index (χ0) is 15.5. The van der Waals surface area contributed by atoms with Gasteiger partial charge in [-0.25, -0.2) is 4.79 Å². The molecule has 0 fully saturated rings. The normalized spacial score (nSPS) is 13.2. The molecule has 0 aliphatic heterocycles. The van der Waals surface area contributed by atoms with Crippen LogP contribution in [0.5, 0.6) is 0 Å². The van der Waals surface area contributed by atoms with E-state index in [2.05, 4.69) is 4.89 Å². The molecular weight excluding hydrogens is 248 g/mol. The lowest BCUT2D eigenvalue weighted by molar-refractivity contribution is -0.260. The van der Waals surface area contributed by atoms with Crippen LogP contribution >= 0.6 is 0 Å². The largest absolute Gasteiger partial charge is 0.481 e. The Morgan fingerprint density at radius 3 is 1.68 bits per heavy atom. The lowest BCUT2D eigenvalue weighted by Crippen LogP contribution is -2.52. The van der Waals surface area contributed by atoms with Gasteiger partial charge in [-0.1, -0.05) is 41.5 Å². The van der Waals surface area contributed by atoms with Crippen LogP contribution in [0.25, 0.3) is 0 Å². The summed E-state index contributed by atoms with van der Waals surface area (Å²) in [5, 5.41) is 17.6. The van der Waals surface area contributed by atoms with E-state index in [4.69, 9.17) is 10.4 Å². The Bertz CT molecular complexity index is 319. The minimum absolute atomic E-state index is 0.00732. The second-order valence-corrected chi connectivity index (χ2v) is 7.03. The summed E-state index contributed by atoms with van der Waals surface area (Å²) in [5.74, 6) is -1.59. The molecule has 112 valence electrons. The number of rotatable bonds is 5. The maximum absolute atomic E-state index is 12.2. The Balaban J connectivity index is 5.53. The second kappa shape index (κ2) is 5.90. The third-order valence-corrected chi connectivity index (χ3v) is 3.93. The third-order valence-electron chi connectivity index (χ3n) is 3.93. The van der Waals surface area contributed by atoms with E-state index in [0.717, 1.165) is 0 Å². The topological polar surface area (TPSA) is 83.8 Å². The predicted octanol–water partition coefficient (Wildman–Crippen LogP) is 3.34. The SMILES string of the molecule is CC(C)(C)C(CCCC(=O)O)(C(=O)OO)C(C)(C)C. The van der Waals surface area contributed by atoms with Crippen molar-refractivity contribution in [3.8, 4) is 0 Å². The van der Waals surface area contributed by atoms with Crippen molar-refractivity contribution < 1.29 is 24.8 Å². The van der Waals surface area contributed by atoms with Crippen molar-refractivity contribution in [2.24, 2.45) is 16.2 Å². The molecule has 0 amide bonds. The average Bonchev–Trinajstić information content (AvgIpc) is 2.19. The molecular formula is C14H26O5. The molecule has 0 aliphatic carbocycles. The van der Waals surface area contributed by atoms with E-state index in [1.165, 1.54) is 0 Å². The van der Waals surface area contributed by atoms with Crippen LogP contribution in [0.2, 0.25) is 0 Å². The van der Waals surface area contributed by atoms with Crippen molar-refractivity contribution in [1.82, 2.24) is 0 Å². The Hall–Kier alpha value is -1.10. The van der Waals surface area contributed by atoms with Gasteiger partial charge in [0.1, 0.15) is 0 Å². The predicted molar refractivity (Wildman–Crippen MR) is 71.6 cm³/mol. The maximum Gasteiger partial charge on any atom is 0.349 e. The molecule has 0 aromatic heterocycles. The highest BCUT2D eigenvalue weighted by atomic mass is 17.1. The first-order valence-corrected chi connectivity index (χ1v) is 6.48. The monoisotopic (exact) mass is 274 g/mol. The Labute approximate surface area is 114 Å². The number of carbonyl (C=O) groups excluding carboxylic acids is 1. The van der Waals surface area contributed by atoms with Crippen LogP contribution < -0.4 is 0 Å². The number of hydrogen-bond acceptors (Lipinski definition) is 4. The van der Waals surface area contributed by atoms with Gasteiger partial charge in [-0.15, -0.1) is 0 Å². The van der Waals surface area contributed by atoms with Crippen LogP contribution in [-0.4, -0.2) is 22.3 Å². The lowest BCUT2D eigenvalue weighted by Gasteiger charge is -2.50. The number of carbonyl (C=O) groups is 2. The Morgan fingerprint density at radius 1 is 1.00 bits per heavy atom. The van der Waals surface area contributed by atoms with Crippen molar-refractivity contribution in [3.63, 3.8) is 0 Å². The molecule has 0 rings (SSSR count). The number of aliphatic carboxylic acids is 1. The van der Waals surface area contributed by atoms with Gasteiger partial charge in [0.05, 0.1) is 5.41 Å². The molecule has 0 aromatic rings. The molecule has 5 nitrogen and oxygen atoms in total. The van der Waals surface area contributed by atoms with E-state index in [-0.39, 0.29) is 6.42 Å². The molecule has 0 spiro atoms. The summed E-state index contributed by atoms with van der Waals surface area (Å²) in [5.41, 5.74) is -1.89. The van der Waals surface area contributed by atoms with E-state index in [1.54, 1.807) is 0 Å². The molecule has 0 aliphatic rings. The fourth-order valence-corrected chi connectivity index (χ4v) is 3.17. The van der Waals surface area contributed by atoms with Crippen molar-refractivity contribution in [1.29, 1.82) is 0 Å². The molecule has 0 radical (unpaired) electrons. The minimum atomic E-state index is -0.954. The van der Waals surface area contributed by atoms with Gasteiger partial charge < -0.3 is 9.99 Å². The van der Waals surface area contributed by atoms with Crippen LogP contribution in [0.15, 0.2) is 0 Å². The summed E-state index contributed by atoms with van der Waals surface area (Å²) in [6, 6.07) is 0. The van der Waals surface area contributed by atoms with Crippen molar-refractivity contribution in [3.05, 3.63) is 0 Å². The zero-order valence-electron chi connectivity index (χ0n) is 12.7. The first-order chi connectivity index (χ1) is 8.40. The highest BCUT2D eigenvalue weighted by Gasteiger charge is 2.57. The van der Waals surface area contributed by atoms with Crippen LogP contribution in [0.3, 0.4) is 0 Å². The molecule has 0 unspecified atom stereocenters. The van der Waals surface area contributed by atoms with Crippen LogP contribution in [-0.2, 0) is 14.5 Å². The second-order valence-electron chi connectivity index (χ2n) is 7.03. The fraction of sp³-hybridized carbons (Fsp3) is 0.857. The molecule has 2 N–H and O–H groups in total. The third kappa shape index (κ3) is 3.69. The quantitative estimate of drug-likeness (QED) is 0.593. The maximum atomic E-state index is 12.2. The number of carboxylic acids is 1. The summed E-state index contributed by atoms with van der Waals surface area (Å²) in [6.45, 7) is 11.4. The van der Waals surface area contributed by atoms with Crippen molar-refractivity contribution in [2.45, 2.75) is 60.8 Å². The molecule has 0 heterocycles. The number of carboxylic acid groups (broad SMARTS) is 1. The summed E-state index contributed by atoms with van der Waals surface area (Å²) in [4.78, 5) is 26.9. The molecule has 5 heteroatoms. The van der Waals surface area contributed by atoms with Gasteiger partial charge in [-0.05, 0) is 23.7 Å². The number of hydrogen-bond donors (Lipinski definition) is 2. The fourth-order valence-electron chi connectivity index (χ4n) is 3.17. The molecule has 0 saturated carbocycles. The van der Waals surface area contributed by atoms with Gasteiger partial charge in [-0.3, -0.25) is 4.79 Å². The van der Waals surface area contributed by atoms with E-state index < -0.39 is 28.2 Å². The van der Waals surface area contributed by atoms with Gasteiger partial charge in [-0.2, -0.15) is 5.26 Å². The van der Waals surface area contributed by atoms with E-state index in [9.17, 15) is 9.59 Å². The molecule has 0 saturated heterocycles. The van der Waals surface area contributed by atoms with Crippen molar-refractivity contribution >= 4 is 11.9 Å². The Morgan fingerprint density at radius 2 is 1.42 bits per heavy atom. The van der Waals surface area contributed by atoms with Gasteiger partial charge >= 0.3 is 11.9 Å². The van der Waals surface area contributed by atoms with Crippen LogP contribution in [0.1, 0.15) is 60.8 Å². The first kappa shape index (κ1) is 17.9. The summed E-state index contributed by atoms with van der Waals surface area (Å²) >= 11 is 0. The molecule has 0 bridgehead atoms. The highest BCUT2D eigenvalue weighted by Crippen LogP contribution is 2.55. The van der Waals surface area contributed by atoms with E-state index in [1.807, 2.05) is 41.5 Å². The van der Waals surface area contributed by atoms with Crippen LogP contribution in [0, 0.1) is 16.2 Å². The summed E-state index contributed by atoms with van der Waals surface area (Å²) < 4.78 is 0. The minimum Gasteiger partial charge on any atom is -0.481 e. The standard InChI is InChI=1S/C14H26O5/c1-12(2,3)14(11(17)19-18,13(4,5)6)9-7-8-10(15)16/h18H,7-9H2,1-6H3,(H,15,16). The lowest BCUT2D eigenvalue weighted by atomic mass is 9.52. The van der Waals surface area contributed by atoms with E-state index >= 15 is 0 Å². The first-order valence-electron chi connectivity index (χ1n) is 6.48. The van der Waals surface area contributed by atoms with E-state index in [0.29, 0.717) is 12.8 Å². The highest BCUT2D eigenvalue weighted by molar-refractivity contribution is 5.78. The zero-order valence-corrected chi connectivity index (χ0v) is 12.7. The molecule has 19 heavy (non-hydrogen) atoms. The van der Waals surface area contributed by atoms with Gasteiger partial charge in [0.15, 0.2) is 0 Å². The molecule has 0 aromatic carbocycles. The van der Waals surface area contributed by atoms with Gasteiger partial charge in [0.25, 0.3) is 0 Å². The van der Waals surface area contributed by atoms with Crippen molar-refractivity contribution in [2.75, 3.05) is 0 Å². The average molecular weight is 274 g/mol. The Kier molecular flexibility index (Phi) is 5.56. The van der Waals surface area contributed by atoms with Gasteiger partial charge in [0.2, 0.25) is 0 Å². The molecule has 0 atom stereocenters. The summed E-state index contributed by atoms with van der Waals surface area (Å²) in [6.07, 6.45) is 0.706. The smallest absolute Gasteiger partial charge is 0.349 e. The van der Waals surface area contributed by atoms with Gasteiger partial charge in [0, 0.05) is 6.42 Å². The van der Waals surface area contributed by atoms with Crippen LogP contribution in [0.4, 0.5) is 0 Å². The summed E-state index contributed by atoms with van der Waals surface area (Å²) in [7, 11) is 0.